The number of aliphatic hydroxyl groups excluding tert-OH is 1. The number of rotatable bonds is 6. The molecular formula is C11H15ClO6. The number of carbonyl (C=O) groups excluding carboxylic acids is 3. The average molecular weight is 279 g/mol. The normalized spacial score (nSPS) is 25.4. The second-order valence-electron chi connectivity index (χ2n) is 4.26. The lowest BCUT2D eigenvalue weighted by molar-refractivity contribution is -0.155. The highest BCUT2D eigenvalue weighted by Crippen LogP contribution is 2.20. The summed E-state index contributed by atoms with van der Waals surface area (Å²) in [5, 5.41) is 9.64. The van der Waals surface area contributed by atoms with Crippen LogP contribution in [0.2, 0.25) is 0 Å². The minimum atomic E-state index is -1.38. The number of hydrogen-bond acceptors (Lipinski definition) is 6. The summed E-state index contributed by atoms with van der Waals surface area (Å²) in [4.78, 5) is 34.4. The Balaban J connectivity index is 2.82. The van der Waals surface area contributed by atoms with Crippen molar-refractivity contribution in [3.63, 3.8) is 0 Å². The molecule has 1 heterocycles. The number of aliphatic hydroxyl groups is 1. The molecule has 1 fully saturated rings. The van der Waals surface area contributed by atoms with Crippen molar-refractivity contribution in [2.75, 3.05) is 12.5 Å². The fourth-order valence-electron chi connectivity index (χ4n) is 1.53. The van der Waals surface area contributed by atoms with Crippen LogP contribution in [0.3, 0.4) is 0 Å². The maximum Gasteiger partial charge on any atom is 0.378 e. The second-order valence-corrected chi connectivity index (χ2v) is 4.64. The van der Waals surface area contributed by atoms with Gasteiger partial charge in [-0.25, -0.2) is 4.79 Å². The summed E-state index contributed by atoms with van der Waals surface area (Å²) in [5.41, 5.74) is 0. The van der Waals surface area contributed by atoms with Crippen molar-refractivity contribution in [1.82, 2.24) is 0 Å². The molecule has 0 spiro atoms. The summed E-state index contributed by atoms with van der Waals surface area (Å²) < 4.78 is 9.69. The highest BCUT2D eigenvalue weighted by atomic mass is 35.5. The van der Waals surface area contributed by atoms with Gasteiger partial charge in [-0.3, -0.25) is 9.59 Å². The molecular weight excluding hydrogens is 264 g/mol. The fourth-order valence-corrected chi connectivity index (χ4v) is 1.62. The summed E-state index contributed by atoms with van der Waals surface area (Å²) in [6, 6.07) is 0. The summed E-state index contributed by atoms with van der Waals surface area (Å²) in [5.74, 6) is -3.01. The maximum atomic E-state index is 11.9. The van der Waals surface area contributed by atoms with Gasteiger partial charge in [0.1, 0.15) is 6.10 Å². The monoisotopic (exact) mass is 278 g/mol. The van der Waals surface area contributed by atoms with Crippen molar-refractivity contribution < 1.29 is 29.0 Å². The van der Waals surface area contributed by atoms with E-state index in [1.165, 1.54) is 0 Å². The first-order chi connectivity index (χ1) is 8.40. The van der Waals surface area contributed by atoms with Crippen LogP contribution in [0.1, 0.15) is 13.8 Å². The average Bonchev–Trinajstić information content (AvgIpc) is 2.61. The Morgan fingerprint density at radius 2 is 2.11 bits per heavy atom. The lowest BCUT2D eigenvalue weighted by Crippen LogP contribution is -2.43. The van der Waals surface area contributed by atoms with E-state index in [1.807, 2.05) is 0 Å². The van der Waals surface area contributed by atoms with Gasteiger partial charge in [-0.05, 0) is 5.92 Å². The van der Waals surface area contributed by atoms with E-state index in [2.05, 4.69) is 4.74 Å². The molecule has 0 bridgehead atoms. The van der Waals surface area contributed by atoms with Gasteiger partial charge >= 0.3 is 5.97 Å². The zero-order valence-corrected chi connectivity index (χ0v) is 10.8. The number of ether oxygens (including phenoxy) is 2. The molecule has 1 aliphatic rings. The Hall–Kier alpha value is -0.980. The van der Waals surface area contributed by atoms with Crippen LogP contribution in [0.15, 0.2) is 0 Å². The van der Waals surface area contributed by atoms with Gasteiger partial charge in [0.15, 0.2) is 12.2 Å². The van der Waals surface area contributed by atoms with Crippen LogP contribution in [-0.4, -0.2) is 53.4 Å². The molecule has 1 N–H and O–H groups in total. The first-order valence-electron chi connectivity index (χ1n) is 5.54. The number of Topliss-reactive ketones (excluding diaryl/α,β-unsaturated/α-hetero) is 2. The van der Waals surface area contributed by atoms with Crippen molar-refractivity contribution in [3.8, 4) is 0 Å². The number of esters is 1. The molecule has 0 aromatic heterocycles. The highest BCUT2D eigenvalue weighted by Gasteiger charge is 2.50. The zero-order chi connectivity index (χ0) is 13.9. The molecule has 0 aliphatic carbocycles. The molecule has 18 heavy (non-hydrogen) atoms. The standard InChI is InChI=1S/C11H15ClO6/c1-5(2)6(13)7(14)10-9(17-4-3-12)8(15)11(16)18-10/h5-6,9-10,13H,3-4H2,1-2H3/t6?,9?,10-/m1/s1. The van der Waals surface area contributed by atoms with Crippen molar-refractivity contribution in [1.29, 1.82) is 0 Å². The van der Waals surface area contributed by atoms with Gasteiger partial charge in [-0.2, -0.15) is 0 Å². The van der Waals surface area contributed by atoms with Crippen LogP contribution in [-0.2, 0) is 23.9 Å². The lowest BCUT2D eigenvalue weighted by atomic mass is 9.97. The fraction of sp³-hybridized carbons (Fsp3) is 0.727. The van der Waals surface area contributed by atoms with E-state index in [-0.39, 0.29) is 18.4 Å². The van der Waals surface area contributed by atoms with Crippen LogP contribution in [0.25, 0.3) is 0 Å². The second kappa shape index (κ2) is 6.26. The van der Waals surface area contributed by atoms with Gasteiger partial charge in [-0.1, -0.05) is 13.8 Å². The van der Waals surface area contributed by atoms with Gasteiger partial charge in [0.2, 0.25) is 5.78 Å². The van der Waals surface area contributed by atoms with E-state index in [0.29, 0.717) is 0 Å². The number of halogens is 1. The minimum Gasteiger partial charge on any atom is -0.445 e. The Morgan fingerprint density at radius 1 is 1.50 bits per heavy atom. The van der Waals surface area contributed by atoms with Crippen molar-refractivity contribution >= 4 is 29.1 Å². The van der Waals surface area contributed by atoms with Gasteiger partial charge in [0.25, 0.3) is 5.78 Å². The van der Waals surface area contributed by atoms with Crippen LogP contribution >= 0.6 is 11.6 Å². The van der Waals surface area contributed by atoms with Crippen molar-refractivity contribution in [2.45, 2.75) is 32.2 Å². The molecule has 7 heteroatoms. The summed E-state index contributed by atoms with van der Waals surface area (Å²) in [7, 11) is 0. The van der Waals surface area contributed by atoms with E-state index in [0.717, 1.165) is 0 Å². The Kier molecular flexibility index (Phi) is 5.25. The maximum absolute atomic E-state index is 11.9. The van der Waals surface area contributed by atoms with Gasteiger partial charge < -0.3 is 14.6 Å². The Morgan fingerprint density at radius 3 is 2.61 bits per heavy atom. The molecule has 0 aromatic rings. The van der Waals surface area contributed by atoms with Crippen molar-refractivity contribution in [3.05, 3.63) is 0 Å². The molecule has 0 radical (unpaired) electrons. The van der Waals surface area contributed by atoms with E-state index in [4.69, 9.17) is 16.3 Å². The topological polar surface area (TPSA) is 89.9 Å². The third-order valence-electron chi connectivity index (χ3n) is 2.55. The molecule has 0 aromatic carbocycles. The van der Waals surface area contributed by atoms with Gasteiger partial charge in [0, 0.05) is 5.88 Å². The van der Waals surface area contributed by atoms with E-state index >= 15 is 0 Å². The first kappa shape index (κ1) is 15.1. The van der Waals surface area contributed by atoms with Crippen LogP contribution in [0, 0.1) is 5.92 Å². The van der Waals surface area contributed by atoms with E-state index in [9.17, 15) is 19.5 Å². The molecule has 6 nitrogen and oxygen atoms in total. The predicted octanol–water partition coefficient (Wildman–Crippen LogP) is -0.309. The SMILES string of the molecule is CC(C)C(O)C(=O)[C@H]1OC(=O)C(=O)C1OCCCl. The number of carbonyl (C=O) groups is 3. The first-order valence-corrected chi connectivity index (χ1v) is 6.07. The lowest BCUT2D eigenvalue weighted by Gasteiger charge is -2.20. The third kappa shape index (κ3) is 3.07. The quantitative estimate of drug-likeness (QED) is 0.407. The zero-order valence-electron chi connectivity index (χ0n) is 10.1. The number of hydrogen-bond donors (Lipinski definition) is 1. The number of cyclic esters (lactones) is 1. The number of alkyl halides is 1. The summed E-state index contributed by atoms with van der Waals surface area (Å²) in [6.07, 6.45) is -4.00. The summed E-state index contributed by atoms with van der Waals surface area (Å²) >= 11 is 5.41. The molecule has 1 rings (SSSR count). The van der Waals surface area contributed by atoms with Crippen LogP contribution in [0.4, 0.5) is 0 Å². The smallest absolute Gasteiger partial charge is 0.378 e. The Labute approximate surface area is 109 Å². The molecule has 0 saturated carbocycles. The van der Waals surface area contributed by atoms with Crippen LogP contribution < -0.4 is 0 Å². The summed E-state index contributed by atoms with van der Waals surface area (Å²) in [6.45, 7) is 3.28. The predicted molar refractivity (Wildman–Crippen MR) is 61.2 cm³/mol. The number of ketones is 2. The third-order valence-corrected chi connectivity index (χ3v) is 2.70. The Bertz CT molecular complexity index is 353. The molecule has 1 saturated heterocycles. The van der Waals surface area contributed by atoms with E-state index in [1.54, 1.807) is 13.8 Å². The molecule has 2 unspecified atom stereocenters. The molecule has 0 amide bonds. The van der Waals surface area contributed by atoms with Crippen LogP contribution in [0.5, 0.6) is 0 Å². The van der Waals surface area contributed by atoms with E-state index < -0.39 is 35.8 Å². The molecule has 3 atom stereocenters. The highest BCUT2D eigenvalue weighted by molar-refractivity contribution is 6.38. The van der Waals surface area contributed by atoms with Crippen molar-refractivity contribution in [2.24, 2.45) is 5.92 Å². The van der Waals surface area contributed by atoms with Gasteiger partial charge in [-0.15, -0.1) is 11.6 Å². The van der Waals surface area contributed by atoms with Gasteiger partial charge in [0.05, 0.1) is 6.61 Å². The minimum absolute atomic E-state index is 0.0101. The molecule has 1 aliphatic heterocycles. The largest absolute Gasteiger partial charge is 0.445 e. The molecule has 102 valence electrons.